The van der Waals surface area contributed by atoms with Crippen LogP contribution in [0.4, 0.5) is 0 Å². The average molecular weight is 200 g/mol. The highest BCUT2D eigenvalue weighted by Crippen LogP contribution is 2.09. The fraction of sp³-hybridized carbons (Fsp3) is 0.778. The Bertz CT molecular complexity index is 227. The molecule has 0 aromatic heterocycles. The van der Waals surface area contributed by atoms with Crippen molar-refractivity contribution in [3.8, 4) is 0 Å². The number of nitrogens with zero attached hydrogens (tertiary/aromatic N) is 2. The van der Waals surface area contributed by atoms with Gasteiger partial charge in [0.2, 0.25) is 6.41 Å². The van der Waals surface area contributed by atoms with Gasteiger partial charge in [0.05, 0.1) is 0 Å². The molecule has 0 atom stereocenters. The van der Waals surface area contributed by atoms with Crippen molar-refractivity contribution in [3.05, 3.63) is 0 Å². The van der Waals surface area contributed by atoms with Crippen LogP contribution < -0.4 is 0 Å². The molecule has 0 spiro atoms. The van der Waals surface area contributed by atoms with Crippen LogP contribution in [-0.2, 0) is 9.59 Å². The first-order valence-electron chi connectivity index (χ1n) is 4.66. The van der Waals surface area contributed by atoms with Crippen LogP contribution in [-0.4, -0.2) is 59.0 Å². The topological polar surface area (TPSA) is 60.9 Å². The molecule has 0 aromatic carbocycles. The van der Waals surface area contributed by atoms with E-state index in [-0.39, 0.29) is 5.91 Å². The van der Waals surface area contributed by atoms with Gasteiger partial charge >= 0.3 is 0 Å². The normalized spacial score (nSPS) is 18.2. The van der Waals surface area contributed by atoms with Crippen molar-refractivity contribution in [2.75, 3.05) is 26.2 Å². The predicted molar refractivity (Wildman–Crippen MR) is 50.5 cm³/mol. The quantitative estimate of drug-likeness (QED) is 0.585. The molecular formula is C9H16N2O3. The van der Waals surface area contributed by atoms with Crippen molar-refractivity contribution in [2.24, 2.45) is 0 Å². The van der Waals surface area contributed by atoms with Crippen molar-refractivity contribution in [1.82, 2.24) is 9.80 Å². The van der Waals surface area contributed by atoms with Crippen molar-refractivity contribution in [1.29, 1.82) is 0 Å². The monoisotopic (exact) mass is 200 g/mol. The first-order chi connectivity index (χ1) is 6.45. The van der Waals surface area contributed by atoms with Gasteiger partial charge in [-0.05, 0) is 13.8 Å². The molecule has 5 nitrogen and oxygen atoms in total. The summed E-state index contributed by atoms with van der Waals surface area (Å²) in [6.07, 6.45) is 0.784. The average Bonchev–Trinajstić information content (AvgIpc) is 2.15. The van der Waals surface area contributed by atoms with Crippen LogP contribution in [0.1, 0.15) is 13.8 Å². The van der Waals surface area contributed by atoms with Crippen LogP contribution in [0.2, 0.25) is 0 Å². The highest BCUT2D eigenvalue weighted by molar-refractivity contribution is 5.84. The van der Waals surface area contributed by atoms with Crippen LogP contribution in [0, 0.1) is 0 Å². The molecule has 1 aliphatic heterocycles. The number of hydrogen-bond acceptors (Lipinski definition) is 3. The van der Waals surface area contributed by atoms with E-state index in [1.807, 2.05) is 0 Å². The lowest BCUT2D eigenvalue weighted by Gasteiger charge is -2.35. The molecule has 0 aromatic rings. The van der Waals surface area contributed by atoms with E-state index in [0.29, 0.717) is 26.2 Å². The largest absolute Gasteiger partial charge is 0.381 e. The summed E-state index contributed by atoms with van der Waals surface area (Å²) < 4.78 is 0. The molecule has 0 saturated carbocycles. The maximum atomic E-state index is 11.6. The third-order valence-corrected chi connectivity index (χ3v) is 2.27. The van der Waals surface area contributed by atoms with Gasteiger partial charge in [-0.15, -0.1) is 0 Å². The van der Waals surface area contributed by atoms with Crippen molar-refractivity contribution in [2.45, 2.75) is 19.4 Å². The summed E-state index contributed by atoms with van der Waals surface area (Å²) in [5.74, 6) is -0.275. The van der Waals surface area contributed by atoms with Gasteiger partial charge < -0.3 is 14.9 Å². The SMILES string of the molecule is CC(C)(O)C(=O)N1CCN(C=O)CC1. The molecule has 2 amide bonds. The number of rotatable bonds is 2. The second-order valence-corrected chi connectivity index (χ2v) is 3.99. The number of carbonyl (C=O) groups is 2. The third kappa shape index (κ3) is 2.45. The molecule has 0 aliphatic carbocycles. The zero-order chi connectivity index (χ0) is 10.8. The van der Waals surface area contributed by atoms with Gasteiger partial charge in [-0.1, -0.05) is 0 Å². The Morgan fingerprint density at radius 1 is 1.29 bits per heavy atom. The molecule has 1 saturated heterocycles. The lowest BCUT2D eigenvalue weighted by molar-refractivity contribution is -0.150. The van der Waals surface area contributed by atoms with Crippen molar-refractivity contribution in [3.63, 3.8) is 0 Å². The Kier molecular flexibility index (Phi) is 3.10. The summed E-state index contributed by atoms with van der Waals surface area (Å²) in [5, 5.41) is 9.49. The molecule has 0 unspecified atom stereocenters. The fourth-order valence-electron chi connectivity index (χ4n) is 1.42. The highest BCUT2D eigenvalue weighted by Gasteiger charge is 2.31. The van der Waals surface area contributed by atoms with E-state index in [9.17, 15) is 14.7 Å². The minimum Gasteiger partial charge on any atom is -0.381 e. The van der Waals surface area contributed by atoms with E-state index in [4.69, 9.17) is 0 Å². The third-order valence-electron chi connectivity index (χ3n) is 2.27. The zero-order valence-corrected chi connectivity index (χ0v) is 8.56. The second-order valence-electron chi connectivity index (χ2n) is 3.99. The molecule has 5 heteroatoms. The lowest BCUT2D eigenvalue weighted by Crippen LogP contribution is -2.53. The van der Waals surface area contributed by atoms with Gasteiger partial charge in [0, 0.05) is 26.2 Å². The van der Waals surface area contributed by atoms with Crippen molar-refractivity contribution >= 4 is 12.3 Å². The van der Waals surface area contributed by atoms with Crippen LogP contribution in [0.15, 0.2) is 0 Å². The van der Waals surface area contributed by atoms with E-state index in [0.717, 1.165) is 6.41 Å². The summed E-state index contributed by atoms with van der Waals surface area (Å²) in [4.78, 5) is 25.2. The number of carbonyl (C=O) groups excluding carboxylic acids is 2. The molecule has 0 radical (unpaired) electrons. The zero-order valence-electron chi connectivity index (χ0n) is 8.56. The van der Waals surface area contributed by atoms with Gasteiger partial charge in [0.25, 0.3) is 5.91 Å². The molecule has 1 N–H and O–H groups in total. The van der Waals surface area contributed by atoms with Crippen LogP contribution in [0.25, 0.3) is 0 Å². The van der Waals surface area contributed by atoms with E-state index >= 15 is 0 Å². The first kappa shape index (κ1) is 11.0. The molecule has 1 aliphatic rings. The van der Waals surface area contributed by atoms with Crippen LogP contribution in [0.5, 0.6) is 0 Å². The van der Waals surface area contributed by atoms with Crippen LogP contribution >= 0.6 is 0 Å². The Morgan fingerprint density at radius 2 is 1.79 bits per heavy atom. The highest BCUT2D eigenvalue weighted by atomic mass is 16.3. The Labute approximate surface area is 83.3 Å². The number of aliphatic hydroxyl groups is 1. The number of hydrogen-bond donors (Lipinski definition) is 1. The van der Waals surface area contributed by atoms with Gasteiger partial charge in [0.15, 0.2) is 0 Å². The van der Waals surface area contributed by atoms with Gasteiger partial charge in [-0.25, -0.2) is 0 Å². The van der Waals surface area contributed by atoms with Gasteiger partial charge in [-0.3, -0.25) is 9.59 Å². The maximum absolute atomic E-state index is 11.6. The Hall–Kier alpha value is -1.10. The molecule has 1 fully saturated rings. The number of piperazine rings is 1. The lowest BCUT2D eigenvalue weighted by atomic mass is 10.1. The fourth-order valence-corrected chi connectivity index (χ4v) is 1.42. The van der Waals surface area contributed by atoms with E-state index in [1.165, 1.54) is 13.8 Å². The predicted octanol–water partition coefficient (Wildman–Crippen LogP) is -0.942. The Morgan fingerprint density at radius 3 is 2.14 bits per heavy atom. The minimum atomic E-state index is -1.32. The number of amides is 2. The van der Waals surface area contributed by atoms with Crippen LogP contribution in [0.3, 0.4) is 0 Å². The molecule has 14 heavy (non-hydrogen) atoms. The summed E-state index contributed by atoms with van der Waals surface area (Å²) in [6, 6.07) is 0. The van der Waals surface area contributed by atoms with E-state index in [2.05, 4.69) is 0 Å². The molecule has 1 rings (SSSR count). The Balaban J connectivity index is 2.50. The summed E-state index contributed by atoms with van der Waals surface area (Å²) in [5.41, 5.74) is -1.32. The van der Waals surface area contributed by atoms with Gasteiger partial charge in [-0.2, -0.15) is 0 Å². The smallest absolute Gasteiger partial charge is 0.254 e. The van der Waals surface area contributed by atoms with Crippen molar-refractivity contribution < 1.29 is 14.7 Å². The first-order valence-corrected chi connectivity index (χ1v) is 4.66. The van der Waals surface area contributed by atoms with E-state index < -0.39 is 5.60 Å². The molecular weight excluding hydrogens is 184 g/mol. The molecule has 1 heterocycles. The standard InChI is InChI=1S/C9H16N2O3/c1-9(2,14)8(13)11-5-3-10(7-12)4-6-11/h7,14H,3-6H2,1-2H3. The maximum Gasteiger partial charge on any atom is 0.254 e. The summed E-state index contributed by atoms with van der Waals surface area (Å²) in [6.45, 7) is 5.04. The van der Waals surface area contributed by atoms with Gasteiger partial charge in [0.1, 0.15) is 5.60 Å². The summed E-state index contributed by atoms with van der Waals surface area (Å²) in [7, 11) is 0. The summed E-state index contributed by atoms with van der Waals surface area (Å²) >= 11 is 0. The minimum absolute atomic E-state index is 0.275. The van der Waals surface area contributed by atoms with E-state index in [1.54, 1.807) is 9.80 Å². The molecule has 0 bridgehead atoms. The second kappa shape index (κ2) is 3.96. The molecule has 80 valence electrons.